The first kappa shape index (κ1) is 32.2. The first-order valence-corrected chi connectivity index (χ1v) is 15.4. The number of hydrogen-bond acceptors (Lipinski definition) is 3. The zero-order chi connectivity index (χ0) is 27.3. The average Bonchev–Trinajstić information content (AvgIpc) is 2.93. The van der Waals surface area contributed by atoms with Crippen LogP contribution in [-0.2, 0) is 6.42 Å². The van der Waals surface area contributed by atoms with Crippen LogP contribution >= 0.6 is 0 Å². The Bertz CT molecular complexity index is 813. The molecule has 38 heavy (non-hydrogen) atoms. The van der Waals surface area contributed by atoms with Crippen molar-refractivity contribution < 1.29 is 13.5 Å². The van der Waals surface area contributed by atoms with E-state index in [9.17, 15) is 8.78 Å². The number of rotatable bonds is 23. The fourth-order valence-electron chi connectivity index (χ4n) is 4.76. The molecule has 0 radical (unpaired) electrons. The molecule has 0 saturated carbocycles. The first-order chi connectivity index (χ1) is 18.6. The number of alkyl halides is 2. The number of aromatic nitrogens is 2. The molecule has 2 aromatic rings. The molecule has 0 amide bonds. The zero-order valence-electron chi connectivity index (χ0n) is 24.1. The molecular formula is C33H52F2N2O. The lowest BCUT2D eigenvalue weighted by Crippen LogP contribution is -2.09. The highest BCUT2D eigenvalue weighted by molar-refractivity contribution is 5.55. The smallest absolute Gasteiger partial charge is 0.159 e. The van der Waals surface area contributed by atoms with Crippen LogP contribution in [0.1, 0.15) is 129 Å². The predicted octanol–water partition coefficient (Wildman–Crippen LogP) is 10.4. The predicted molar refractivity (Wildman–Crippen MR) is 156 cm³/mol. The van der Waals surface area contributed by atoms with Crippen molar-refractivity contribution >= 4 is 0 Å². The Balaban J connectivity index is 1.58. The molecule has 5 heteroatoms. The van der Waals surface area contributed by atoms with Crippen molar-refractivity contribution in [1.29, 1.82) is 0 Å². The van der Waals surface area contributed by atoms with E-state index < -0.39 is 12.3 Å². The summed E-state index contributed by atoms with van der Waals surface area (Å²) in [5.74, 6) is 1.21. The number of ether oxygens (including phenoxy) is 1. The van der Waals surface area contributed by atoms with Gasteiger partial charge in [0.1, 0.15) is 12.3 Å². The van der Waals surface area contributed by atoms with E-state index >= 15 is 0 Å². The molecule has 2 unspecified atom stereocenters. The van der Waals surface area contributed by atoms with E-state index in [-0.39, 0.29) is 6.61 Å². The normalized spacial score (nSPS) is 12.9. The summed E-state index contributed by atoms with van der Waals surface area (Å²) >= 11 is 0. The maximum Gasteiger partial charge on any atom is 0.159 e. The van der Waals surface area contributed by atoms with Crippen molar-refractivity contribution in [3.05, 3.63) is 42.2 Å². The summed E-state index contributed by atoms with van der Waals surface area (Å²) in [6.45, 7) is 4.60. The van der Waals surface area contributed by atoms with Gasteiger partial charge >= 0.3 is 0 Å². The van der Waals surface area contributed by atoms with E-state index in [0.29, 0.717) is 43.7 Å². The van der Waals surface area contributed by atoms with Crippen molar-refractivity contribution in [3.8, 4) is 17.1 Å². The zero-order valence-corrected chi connectivity index (χ0v) is 24.1. The van der Waals surface area contributed by atoms with Crippen LogP contribution in [0.4, 0.5) is 8.78 Å². The molecule has 0 aliphatic carbocycles. The molecule has 214 valence electrons. The molecule has 0 bridgehead atoms. The third-order valence-corrected chi connectivity index (χ3v) is 7.26. The van der Waals surface area contributed by atoms with Gasteiger partial charge in [-0.3, -0.25) is 0 Å². The fraction of sp³-hybridized carbons (Fsp3) is 0.697. The van der Waals surface area contributed by atoms with Gasteiger partial charge in [0.25, 0.3) is 0 Å². The van der Waals surface area contributed by atoms with Gasteiger partial charge in [0.05, 0.1) is 19.0 Å². The van der Waals surface area contributed by atoms with Gasteiger partial charge in [-0.15, -0.1) is 0 Å². The average molecular weight is 531 g/mol. The second-order valence-corrected chi connectivity index (χ2v) is 10.8. The Labute approximate surface area is 231 Å². The van der Waals surface area contributed by atoms with Crippen molar-refractivity contribution in [2.45, 2.75) is 142 Å². The lowest BCUT2D eigenvalue weighted by atomic mass is 10.0. The molecule has 1 aromatic carbocycles. The Morgan fingerprint density at radius 3 is 1.76 bits per heavy atom. The van der Waals surface area contributed by atoms with Gasteiger partial charge in [-0.1, -0.05) is 109 Å². The van der Waals surface area contributed by atoms with E-state index in [1.54, 1.807) is 12.4 Å². The van der Waals surface area contributed by atoms with Crippen LogP contribution in [0.15, 0.2) is 36.7 Å². The highest BCUT2D eigenvalue weighted by Gasteiger charge is 2.11. The second kappa shape index (κ2) is 20.9. The van der Waals surface area contributed by atoms with E-state index in [0.717, 1.165) is 24.8 Å². The molecule has 0 saturated heterocycles. The van der Waals surface area contributed by atoms with Gasteiger partial charge in [-0.05, 0) is 44.1 Å². The number of halogens is 2. The minimum Gasteiger partial charge on any atom is -0.490 e. The Morgan fingerprint density at radius 1 is 0.632 bits per heavy atom. The molecular weight excluding hydrogens is 478 g/mol. The lowest BCUT2D eigenvalue weighted by Gasteiger charge is -2.11. The number of unbranched alkanes of at least 4 members (excludes halogenated alkanes) is 10. The molecule has 2 atom stereocenters. The number of benzene rings is 1. The van der Waals surface area contributed by atoms with Gasteiger partial charge in [-0.2, -0.15) is 0 Å². The van der Waals surface area contributed by atoms with Crippen LogP contribution in [0.2, 0.25) is 0 Å². The third kappa shape index (κ3) is 14.8. The van der Waals surface area contributed by atoms with E-state index in [1.165, 1.54) is 69.8 Å². The van der Waals surface area contributed by atoms with Crippen molar-refractivity contribution in [2.75, 3.05) is 6.61 Å². The van der Waals surface area contributed by atoms with Gasteiger partial charge in [0.2, 0.25) is 0 Å². The quantitative estimate of drug-likeness (QED) is 0.134. The minimum atomic E-state index is -0.965. The molecule has 0 aliphatic heterocycles. The second-order valence-electron chi connectivity index (χ2n) is 10.8. The van der Waals surface area contributed by atoms with Crippen LogP contribution in [0.25, 0.3) is 11.4 Å². The van der Waals surface area contributed by atoms with Crippen LogP contribution < -0.4 is 4.74 Å². The molecule has 0 spiro atoms. The van der Waals surface area contributed by atoms with Gasteiger partial charge in [0.15, 0.2) is 11.6 Å². The summed E-state index contributed by atoms with van der Waals surface area (Å²) in [7, 11) is 0. The summed E-state index contributed by atoms with van der Waals surface area (Å²) in [6.07, 6.45) is 20.5. The largest absolute Gasteiger partial charge is 0.490 e. The topological polar surface area (TPSA) is 35.0 Å². The molecule has 3 nitrogen and oxygen atoms in total. The minimum absolute atomic E-state index is 0.270. The fourth-order valence-corrected chi connectivity index (χ4v) is 4.76. The molecule has 1 aromatic heterocycles. The number of hydrogen-bond donors (Lipinski definition) is 0. The Morgan fingerprint density at radius 2 is 1.16 bits per heavy atom. The standard InChI is InChI=1S/C33H52F2N2O/c1-3-5-7-8-9-10-11-12-13-14-16-28-20-22-29(23-21-28)33-36-26-32(27-37-33)38-25-24-31(35)19-15-18-30(34)17-6-4-2/h20-23,26-27,30-31H,3-19,24-25H2,1-2H3. The summed E-state index contributed by atoms with van der Waals surface area (Å²) in [4.78, 5) is 8.85. The maximum absolute atomic E-state index is 14.1. The monoisotopic (exact) mass is 530 g/mol. The maximum atomic E-state index is 14.1. The molecule has 1 heterocycles. The van der Waals surface area contributed by atoms with E-state index in [4.69, 9.17) is 4.74 Å². The summed E-state index contributed by atoms with van der Waals surface area (Å²) in [6, 6.07) is 8.51. The van der Waals surface area contributed by atoms with Crippen LogP contribution in [0, 0.1) is 0 Å². The van der Waals surface area contributed by atoms with Crippen molar-refractivity contribution in [3.63, 3.8) is 0 Å². The third-order valence-electron chi connectivity index (χ3n) is 7.26. The van der Waals surface area contributed by atoms with Crippen molar-refractivity contribution in [1.82, 2.24) is 9.97 Å². The number of aryl methyl sites for hydroxylation is 1. The van der Waals surface area contributed by atoms with Crippen LogP contribution in [0.3, 0.4) is 0 Å². The summed E-state index contributed by atoms with van der Waals surface area (Å²) < 4.78 is 33.4. The van der Waals surface area contributed by atoms with Gasteiger partial charge < -0.3 is 4.74 Å². The summed E-state index contributed by atoms with van der Waals surface area (Å²) in [5, 5.41) is 0. The molecule has 0 N–H and O–H groups in total. The summed E-state index contributed by atoms with van der Waals surface area (Å²) in [5.41, 5.74) is 2.34. The highest BCUT2D eigenvalue weighted by Crippen LogP contribution is 2.20. The Hall–Kier alpha value is -2.04. The van der Waals surface area contributed by atoms with E-state index in [2.05, 4.69) is 48.1 Å². The van der Waals surface area contributed by atoms with Crippen molar-refractivity contribution in [2.24, 2.45) is 0 Å². The van der Waals surface area contributed by atoms with E-state index in [1.807, 2.05) is 0 Å². The molecule has 2 rings (SSSR count). The van der Waals surface area contributed by atoms with Crippen LogP contribution in [0.5, 0.6) is 5.75 Å². The SMILES string of the molecule is CCCCCCCCCCCCc1ccc(-c2ncc(OCCC(F)CCCC(F)CCCC)cn2)cc1. The molecule has 0 fully saturated rings. The highest BCUT2D eigenvalue weighted by atomic mass is 19.1. The van der Waals surface area contributed by atoms with Crippen LogP contribution in [-0.4, -0.2) is 28.9 Å². The first-order valence-electron chi connectivity index (χ1n) is 15.4. The lowest BCUT2D eigenvalue weighted by molar-refractivity contribution is 0.212. The Kier molecular flexibility index (Phi) is 17.7. The molecule has 0 aliphatic rings. The van der Waals surface area contributed by atoms with Gasteiger partial charge in [-0.25, -0.2) is 18.7 Å². The number of nitrogens with zero attached hydrogens (tertiary/aromatic N) is 2. The van der Waals surface area contributed by atoms with Gasteiger partial charge in [0, 0.05) is 12.0 Å².